The first-order valence-corrected chi connectivity index (χ1v) is 8.99. The minimum Gasteiger partial charge on any atom is -0.478 e. The van der Waals surface area contributed by atoms with Crippen LogP contribution in [0.15, 0.2) is 47.4 Å². The van der Waals surface area contributed by atoms with Crippen molar-refractivity contribution >= 4 is 15.9 Å². The van der Waals surface area contributed by atoms with Gasteiger partial charge in [0.05, 0.1) is 4.90 Å². The summed E-state index contributed by atoms with van der Waals surface area (Å²) in [4.78, 5) is 14.1. The second-order valence-corrected chi connectivity index (χ2v) is 7.21. The molecule has 0 saturated carbocycles. The fourth-order valence-electron chi connectivity index (χ4n) is 2.16. The average molecular weight is 366 g/mol. The lowest BCUT2D eigenvalue weighted by molar-refractivity contribution is -0.127. The second kappa shape index (κ2) is 7.62. The van der Waals surface area contributed by atoms with Crippen LogP contribution < -0.4 is 15.0 Å². The molecule has 0 radical (unpaired) electrons. The van der Waals surface area contributed by atoms with Crippen molar-refractivity contribution in [3.05, 3.63) is 59.4 Å². The van der Waals surface area contributed by atoms with Gasteiger partial charge < -0.3 is 4.74 Å². The number of sulfonamides is 1. The van der Waals surface area contributed by atoms with Crippen LogP contribution in [0.1, 0.15) is 18.1 Å². The van der Waals surface area contributed by atoms with Gasteiger partial charge in [-0.3, -0.25) is 10.2 Å². The van der Waals surface area contributed by atoms with Gasteiger partial charge in [0.15, 0.2) is 17.7 Å². The molecule has 0 heterocycles. The number of aryl methyl sites for hydroxylation is 2. The van der Waals surface area contributed by atoms with Crippen molar-refractivity contribution in [1.29, 1.82) is 0 Å². The smallest absolute Gasteiger partial charge is 0.275 e. The van der Waals surface area contributed by atoms with E-state index in [9.17, 15) is 17.6 Å². The fourth-order valence-corrected chi connectivity index (χ4v) is 3.23. The number of carbonyl (C=O) groups excluding carboxylic acids is 1. The molecule has 0 bridgehead atoms. The summed E-state index contributed by atoms with van der Waals surface area (Å²) >= 11 is 0. The van der Waals surface area contributed by atoms with Gasteiger partial charge in [0, 0.05) is 0 Å². The summed E-state index contributed by atoms with van der Waals surface area (Å²) in [7, 11) is -3.93. The van der Waals surface area contributed by atoms with E-state index in [0.29, 0.717) is 5.56 Å². The van der Waals surface area contributed by atoms with Gasteiger partial charge in [0.25, 0.3) is 15.9 Å². The quantitative estimate of drug-likeness (QED) is 0.768. The number of nitrogens with one attached hydrogen (secondary N) is 2. The predicted molar refractivity (Wildman–Crippen MR) is 90.9 cm³/mol. The van der Waals surface area contributed by atoms with Gasteiger partial charge in [0.2, 0.25) is 0 Å². The standard InChI is InChI=1S/C17H19FN2O4S/c1-11-8-9-16(12(2)10-11)25(22,23)20-19-17(21)13(3)24-15-7-5-4-6-14(15)18/h4-10,13,20H,1-3H3,(H,19,21)/t13-/m0/s1. The van der Waals surface area contributed by atoms with E-state index in [1.54, 1.807) is 25.1 Å². The van der Waals surface area contributed by atoms with Crippen LogP contribution in [0.2, 0.25) is 0 Å². The normalized spacial score (nSPS) is 12.5. The first kappa shape index (κ1) is 18.9. The maximum Gasteiger partial charge on any atom is 0.275 e. The van der Waals surface area contributed by atoms with Crippen molar-refractivity contribution in [1.82, 2.24) is 10.3 Å². The Balaban J connectivity index is 2.02. The van der Waals surface area contributed by atoms with Crippen LogP contribution in [0, 0.1) is 19.7 Å². The number of carbonyl (C=O) groups is 1. The van der Waals surface area contributed by atoms with E-state index in [1.165, 1.54) is 31.2 Å². The molecule has 134 valence electrons. The first-order chi connectivity index (χ1) is 11.7. The number of ether oxygens (including phenoxy) is 1. The van der Waals surface area contributed by atoms with Gasteiger partial charge >= 0.3 is 0 Å². The Morgan fingerprint density at radius 2 is 1.84 bits per heavy atom. The fraction of sp³-hybridized carbons (Fsp3) is 0.235. The van der Waals surface area contributed by atoms with E-state index in [0.717, 1.165) is 5.56 Å². The third kappa shape index (κ3) is 4.77. The highest BCUT2D eigenvalue weighted by molar-refractivity contribution is 7.89. The number of hydrogen-bond donors (Lipinski definition) is 2. The number of benzene rings is 2. The summed E-state index contributed by atoms with van der Waals surface area (Å²) in [5.41, 5.74) is 3.56. The molecule has 0 saturated heterocycles. The maximum absolute atomic E-state index is 13.5. The van der Waals surface area contributed by atoms with Crippen LogP contribution >= 0.6 is 0 Å². The van der Waals surface area contributed by atoms with Gasteiger partial charge in [-0.15, -0.1) is 4.83 Å². The molecule has 2 aromatic carbocycles. The minimum absolute atomic E-state index is 0.0566. The molecule has 2 N–H and O–H groups in total. The third-order valence-electron chi connectivity index (χ3n) is 3.44. The summed E-state index contributed by atoms with van der Waals surface area (Å²) in [5, 5.41) is 0. The molecule has 0 aliphatic rings. The number of halogens is 1. The van der Waals surface area contributed by atoms with Gasteiger partial charge in [0.1, 0.15) is 0 Å². The monoisotopic (exact) mass is 366 g/mol. The van der Waals surface area contributed by atoms with Crippen molar-refractivity contribution in [3.8, 4) is 5.75 Å². The second-order valence-electron chi connectivity index (χ2n) is 5.55. The molecule has 6 nitrogen and oxygen atoms in total. The summed E-state index contributed by atoms with van der Waals surface area (Å²) < 4.78 is 43.3. The molecule has 1 amide bonds. The van der Waals surface area contributed by atoms with Crippen LogP contribution in [0.5, 0.6) is 5.75 Å². The van der Waals surface area contributed by atoms with Crippen molar-refractivity contribution in [2.45, 2.75) is 31.8 Å². The van der Waals surface area contributed by atoms with Crippen LogP contribution in [0.3, 0.4) is 0 Å². The van der Waals surface area contributed by atoms with E-state index < -0.39 is 27.9 Å². The zero-order chi connectivity index (χ0) is 18.6. The number of hydrazine groups is 1. The molecule has 8 heteroatoms. The molecule has 1 atom stereocenters. The van der Waals surface area contributed by atoms with Gasteiger partial charge in [-0.05, 0) is 44.5 Å². The average Bonchev–Trinajstić information content (AvgIpc) is 2.54. The lowest BCUT2D eigenvalue weighted by Crippen LogP contribution is -2.47. The van der Waals surface area contributed by atoms with Gasteiger partial charge in [-0.1, -0.05) is 29.8 Å². The van der Waals surface area contributed by atoms with Gasteiger partial charge in [-0.25, -0.2) is 12.8 Å². The third-order valence-corrected chi connectivity index (χ3v) is 4.85. The molecule has 0 aromatic heterocycles. The molecule has 25 heavy (non-hydrogen) atoms. The van der Waals surface area contributed by atoms with E-state index in [-0.39, 0.29) is 10.6 Å². The molecule has 0 aliphatic heterocycles. The Labute approximate surface area is 146 Å². The summed E-state index contributed by atoms with van der Waals surface area (Å²) in [6.45, 7) is 4.89. The predicted octanol–water partition coefficient (Wildman–Crippen LogP) is 2.22. The number of para-hydroxylation sites is 1. The molecule has 0 spiro atoms. The van der Waals surface area contributed by atoms with Crippen LogP contribution in [0.25, 0.3) is 0 Å². The Bertz CT molecular complexity index is 884. The highest BCUT2D eigenvalue weighted by Crippen LogP contribution is 2.17. The molecular formula is C17H19FN2O4S. The summed E-state index contributed by atoms with van der Waals surface area (Å²) in [6, 6.07) is 10.5. The first-order valence-electron chi connectivity index (χ1n) is 7.51. The summed E-state index contributed by atoms with van der Waals surface area (Å²) in [6.07, 6.45) is -1.10. The highest BCUT2D eigenvalue weighted by atomic mass is 32.2. The number of rotatable bonds is 6. The van der Waals surface area contributed by atoms with E-state index in [4.69, 9.17) is 4.74 Å². The molecular weight excluding hydrogens is 347 g/mol. The Morgan fingerprint density at radius 3 is 2.48 bits per heavy atom. The zero-order valence-corrected chi connectivity index (χ0v) is 14.9. The van der Waals surface area contributed by atoms with Crippen LogP contribution in [-0.2, 0) is 14.8 Å². The van der Waals surface area contributed by atoms with Crippen molar-refractivity contribution in [2.24, 2.45) is 0 Å². The lowest BCUT2D eigenvalue weighted by Gasteiger charge is -2.16. The molecule has 2 aromatic rings. The van der Waals surface area contributed by atoms with Crippen LogP contribution in [0.4, 0.5) is 4.39 Å². The SMILES string of the molecule is Cc1ccc(S(=O)(=O)NNC(=O)[C@H](C)Oc2ccccc2F)c(C)c1. The Morgan fingerprint density at radius 1 is 1.16 bits per heavy atom. The van der Waals surface area contributed by atoms with E-state index in [1.807, 2.05) is 11.8 Å². The Hall–Kier alpha value is -2.45. The molecule has 2 rings (SSSR count). The van der Waals surface area contributed by atoms with Crippen molar-refractivity contribution in [3.63, 3.8) is 0 Å². The Kier molecular flexibility index (Phi) is 5.76. The van der Waals surface area contributed by atoms with Crippen LogP contribution in [-0.4, -0.2) is 20.4 Å². The molecule has 0 fully saturated rings. The molecule has 0 aliphatic carbocycles. The van der Waals surface area contributed by atoms with E-state index in [2.05, 4.69) is 5.43 Å². The highest BCUT2D eigenvalue weighted by Gasteiger charge is 2.21. The zero-order valence-electron chi connectivity index (χ0n) is 14.0. The topological polar surface area (TPSA) is 84.5 Å². The number of amides is 1. The van der Waals surface area contributed by atoms with E-state index >= 15 is 0 Å². The number of hydrogen-bond acceptors (Lipinski definition) is 4. The largest absolute Gasteiger partial charge is 0.478 e. The lowest BCUT2D eigenvalue weighted by atomic mass is 10.2. The maximum atomic E-state index is 13.5. The molecule has 0 unspecified atom stereocenters. The minimum atomic E-state index is -3.93. The summed E-state index contributed by atoms with van der Waals surface area (Å²) in [5.74, 6) is -1.46. The van der Waals surface area contributed by atoms with Crippen molar-refractivity contribution in [2.75, 3.05) is 0 Å². The van der Waals surface area contributed by atoms with Crippen molar-refractivity contribution < 1.29 is 22.3 Å². The van der Waals surface area contributed by atoms with Gasteiger partial charge in [-0.2, -0.15) is 0 Å².